The minimum absolute atomic E-state index is 0.287. The quantitative estimate of drug-likeness (QED) is 0.840. The van der Waals surface area contributed by atoms with Crippen LogP contribution in [0.2, 0.25) is 0 Å². The largest absolute Gasteiger partial charge is 0.381 e. The lowest BCUT2D eigenvalue weighted by Gasteiger charge is -2.21. The molecule has 21 heavy (non-hydrogen) atoms. The van der Waals surface area contributed by atoms with Gasteiger partial charge in [-0.2, -0.15) is 4.98 Å². The lowest BCUT2D eigenvalue weighted by atomic mass is 10.2. The van der Waals surface area contributed by atoms with Crippen LogP contribution in [0.4, 0.5) is 0 Å². The van der Waals surface area contributed by atoms with Gasteiger partial charge in [0.25, 0.3) is 5.89 Å². The van der Waals surface area contributed by atoms with Crippen LogP contribution in [0, 0.1) is 0 Å². The summed E-state index contributed by atoms with van der Waals surface area (Å²) in [5.41, 5.74) is 0.694. The van der Waals surface area contributed by atoms with Crippen molar-refractivity contribution in [2.75, 3.05) is 19.8 Å². The van der Waals surface area contributed by atoms with E-state index < -0.39 is 0 Å². The third kappa shape index (κ3) is 3.96. The summed E-state index contributed by atoms with van der Waals surface area (Å²) in [5, 5.41) is 3.90. The van der Waals surface area contributed by atoms with Gasteiger partial charge in [-0.05, 0) is 25.0 Å². The Kier molecular flexibility index (Phi) is 4.70. The Balaban J connectivity index is 1.51. The molecule has 1 aliphatic heterocycles. The van der Waals surface area contributed by atoms with Gasteiger partial charge in [-0.25, -0.2) is 0 Å². The Morgan fingerprint density at radius 2 is 2.19 bits per heavy atom. The van der Waals surface area contributed by atoms with Crippen LogP contribution in [0.15, 0.2) is 35.0 Å². The molecule has 0 aromatic carbocycles. The second-order valence-corrected chi connectivity index (χ2v) is 4.72. The molecule has 3 heterocycles. The fraction of sp³-hybridized carbons (Fsp3) is 0.400. The highest BCUT2D eigenvalue weighted by Crippen LogP contribution is 2.13. The lowest BCUT2D eigenvalue weighted by molar-refractivity contribution is -0.0221. The van der Waals surface area contributed by atoms with Crippen molar-refractivity contribution < 1.29 is 14.0 Å². The lowest BCUT2D eigenvalue weighted by Crippen LogP contribution is -2.23. The van der Waals surface area contributed by atoms with E-state index in [2.05, 4.69) is 15.1 Å². The molecule has 3 rings (SSSR count). The molecule has 6 heteroatoms. The number of nitrogens with zero attached hydrogens (tertiary/aromatic N) is 3. The maximum absolute atomic E-state index is 5.73. The molecule has 1 fully saturated rings. The summed E-state index contributed by atoms with van der Waals surface area (Å²) in [4.78, 5) is 8.44. The molecule has 0 saturated carbocycles. The third-order valence-corrected chi connectivity index (χ3v) is 3.19. The highest BCUT2D eigenvalue weighted by Gasteiger charge is 2.13. The monoisotopic (exact) mass is 287 g/mol. The molecule has 2 aromatic heterocycles. The summed E-state index contributed by atoms with van der Waals surface area (Å²) in [5.74, 6) is 0.937. The first kappa shape index (κ1) is 13.9. The minimum atomic E-state index is 0.287. The van der Waals surface area contributed by atoms with E-state index in [4.69, 9.17) is 14.0 Å². The molecule has 0 spiro atoms. The topological polar surface area (TPSA) is 70.3 Å². The van der Waals surface area contributed by atoms with Crippen LogP contribution >= 0.6 is 0 Å². The standard InChI is InChI=1S/C15H17N3O3/c1-2-8-16-13(4-1)15-17-14(21-18-15)5-3-9-20-12-6-10-19-11-7-12/h1-5,8,12H,6-7,9-11H2/b5-3+. The van der Waals surface area contributed by atoms with E-state index in [0.717, 1.165) is 26.1 Å². The molecule has 2 aromatic rings. The molecule has 1 saturated heterocycles. The van der Waals surface area contributed by atoms with Crippen molar-refractivity contribution in [2.45, 2.75) is 18.9 Å². The van der Waals surface area contributed by atoms with Gasteiger partial charge in [0.15, 0.2) is 0 Å². The molecule has 0 bridgehead atoms. The van der Waals surface area contributed by atoms with Gasteiger partial charge in [-0.15, -0.1) is 0 Å². The van der Waals surface area contributed by atoms with Gasteiger partial charge in [0, 0.05) is 25.5 Å². The van der Waals surface area contributed by atoms with Crippen LogP contribution < -0.4 is 0 Å². The molecular formula is C15H17N3O3. The first-order chi connectivity index (χ1) is 10.4. The fourth-order valence-corrected chi connectivity index (χ4v) is 2.09. The molecule has 0 aliphatic carbocycles. The average Bonchev–Trinajstić information content (AvgIpc) is 3.02. The number of rotatable bonds is 5. The molecule has 0 atom stereocenters. The minimum Gasteiger partial charge on any atom is -0.381 e. The van der Waals surface area contributed by atoms with Gasteiger partial charge in [0.05, 0.1) is 12.7 Å². The SMILES string of the molecule is C(=C\c1nc(-c2ccccn2)no1)/COC1CCOCC1. The summed E-state index contributed by atoms with van der Waals surface area (Å²) < 4.78 is 16.2. The van der Waals surface area contributed by atoms with E-state index in [9.17, 15) is 0 Å². The van der Waals surface area contributed by atoms with E-state index in [-0.39, 0.29) is 6.10 Å². The number of pyridine rings is 1. The smallest absolute Gasteiger partial charge is 0.250 e. The number of aromatic nitrogens is 3. The van der Waals surface area contributed by atoms with Crippen molar-refractivity contribution in [1.29, 1.82) is 0 Å². The van der Waals surface area contributed by atoms with Crippen molar-refractivity contribution >= 4 is 6.08 Å². The van der Waals surface area contributed by atoms with Gasteiger partial charge in [0.2, 0.25) is 5.82 Å². The highest BCUT2D eigenvalue weighted by molar-refractivity contribution is 5.50. The second-order valence-electron chi connectivity index (χ2n) is 4.72. The van der Waals surface area contributed by atoms with E-state index in [1.807, 2.05) is 24.3 Å². The Bertz CT molecular complexity index is 577. The molecular weight excluding hydrogens is 270 g/mol. The Hall–Kier alpha value is -2.05. The Labute approximate surface area is 122 Å². The van der Waals surface area contributed by atoms with Crippen molar-refractivity contribution in [3.63, 3.8) is 0 Å². The van der Waals surface area contributed by atoms with Gasteiger partial charge in [0.1, 0.15) is 5.69 Å². The van der Waals surface area contributed by atoms with Gasteiger partial charge < -0.3 is 14.0 Å². The number of hydrogen-bond acceptors (Lipinski definition) is 6. The van der Waals surface area contributed by atoms with Crippen LogP contribution in [-0.2, 0) is 9.47 Å². The highest BCUT2D eigenvalue weighted by atomic mass is 16.5. The molecule has 0 amide bonds. The molecule has 6 nitrogen and oxygen atoms in total. The average molecular weight is 287 g/mol. The van der Waals surface area contributed by atoms with Crippen molar-refractivity contribution in [3.8, 4) is 11.5 Å². The van der Waals surface area contributed by atoms with Crippen LogP contribution in [0.1, 0.15) is 18.7 Å². The van der Waals surface area contributed by atoms with E-state index in [1.54, 1.807) is 12.3 Å². The molecule has 1 aliphatic rings. The summed E-state index contributed by atoms with van der Waals surface area (Å²) in [6.07, 6.45) is 7.54. The van der Waals surface area contributed by atoms with E-state index in [1.165, 1.54) is 0 Å². The zero-order valence-corrected chi connectivity index (χ0v) is 11.6. The zero-order valence-electron chi connectivity index (χ0n) is 11.6. The predicted octanol–water partition coefficient (Wildman–Crippen LogP) is 2.34. The van der Waals surface area contributed by atoms with Crippen molar-refractivity contribution in [3.05, 3.63) is 36.4 Å². The first-order valence-corrected chi connectivity index (χ1v) is 7.03. The second kappa shape index (κ2) is 7.10. The molecule has 0 N–H and O–H groups in total. The van der Waals surface area contributed by atoms with Crippen LogP contribution in [-0.4, -0.2) is 41.0 Å². The maximum atomic E-state index is 5.73. The molecule has 0 radical (unpaired) electrons. The number of hydrogen-bond donors (Lipinski definition) is 0. The van der Waals surface area contributed by atoms with Gasteiger partial charge in [-0.1, -0.05) is 17.3 Å². The summed E-state index contributed by atoms with van der Waals surface area (Å²) in [6, 6.07) is 5.57. The van der Waals surface area contributed by atoms with Crippen LogP contribution in [0.25, 0.3) is 17.6 Å². The maximum Gasteiger partial charge on any atom is 0.250 e. The zero-order chi connectivity index (χ0) is 14.3. The normalized spacial score (nSPS) is 16.6. The van der Waals surface area contributed by atoms with Crippen molar-refractivity contribution in [1.82, 2.24) is 15.1 Å². The summed E-state index contributed by atoms with van der Waals surface area (Å²) >= 11 is 0. The molecule has 110 valence electrons. The summed E-state index contributed by atoms with van der Waals surface area (Å²) in [6.45, 7) is 2.10. The van der Waals surface area contributed by atoms with Gasteiger partial charge in [-0.3, -0.25) is 4.98 Å². The number of ether oxygens (including phenoxy) is 2. The van der Waals surface area contributed by atoms with Gasteiger partial charge >= 0.3 is 0 Å². The fourth-order valence-electron chi connectivity index (χ4n) is 2.09. The first-order valence-electron chi connectivity index (χ1n) is 7.03. The molecule has 0 unspecified atom stereocenters. The van der Waals surface area contributed by atoms with Crippen LogP contribution in [0.3, 0.4) is 0 Å². The van der Waals surface area contributed by atoms with E-state index >= 15 is 0 Å². The Morgan fingerprint density at radius 1 is 1.29 bits per heavy atom. The van der Waals surface area contributed by atoms with E-state index in [0.29, 0.717) is 24.0 Å². The summed E-state index contributed by atoms with van der Waals surface area (Å²) in [7, 11) is 0. The predicted molar refractivity (Wildman–Crippen MR) is 76.4 cm³/mol. The van der Waals surface area contributed by atoms with Crippen LogP contribution in [0.5, 0.6) is 0 Å². The van der Waals surface area contributed by atoms with Crippen molar-refractivity contribution in [2.24, 2.45) is 0 Å². The Morgan fingerprint density at radius 3 is 3.00 bits per heavy atom. The third-order valence-electron chi connectivity index (χ3n) is 3.19.